The average molecular weight is 262 g/mol. The lowest BCUT2D eigenvalue weighted by Gasteiger charge is -2.27. The fraction of sp³-hybridized carbons (Fsp3) is 0.625. The largest absolute Gasteiger partial charge is 0.390 e. The van der Waals surface area contributed by atoms with Crippen LogP contribution in [0.25, 0.3) is 0 Å². The minimum atomic E-state index is -0.570. The first-order chi connectivity index (χ1) is 9.03. The molecule has 106 valence electrons. The number of piperazine rings is 1. The highest BCUT2D eigenvalue weighted by molar-refractivity contribution is 5.22. The Morgan fingerprint density at radius 3 is 2.26 bits per heavy atom. The monoisotopic (exact) mass is 262 g/mol. The molecule has 0 aliphatic carbocycles. The molecule has 0 saturated carbocycles. The molecule has 2 rings (SSSR count). The molecule has 1 fully saturated rings. The van der Waals surface area contributed by atoms with E-state index in [9.17, 15) is 5.11 Å². The molecule has 1 aliphatic rings. The zero-order valence-corrected chi connectivity index (χ0v) is 12.2. The third-order valence-electron chi connectivity index (χ3n) is 3.66. The third-order valence-corrected chi connectivity index (χ3v) is 3.66. The van der Waals surface area contributed by atoms with Crippen LogP contribution in [0.4, 0.5) is 0 Å². The van der Waals surface area contributed by atoms with Crippen molar-refractivity contribution in [2.24, 2.45) is 0 Å². The van der Waals surface area contributed by atoms with Crippen molar-refractivity contribution >= 4 is 0 Å². The molecule has 1 aliphatic heterocycles. The Labute approximate surface area is 116 Å². The van der Waals surface area contributed by atoms with Gasteiger partial charge in [-0.1, -0.05) is 24.3 Å². The summed E-state index contributed by atoms with van der Waals surface area (Å²) in [6.07, 6.45) is 1.75. The van der Waals surface area contributed by atoms with Gasteiger partial charge in [0.05, 0.1) is 5.60 Å². The first kappa shape index (κ1) is 14.5. The highest BCUT2D eigenvalue weighted by Crippen LogP contribution is 2.14. The van der Waals surface area contributed by atoms with Crippen LogP contribution < -0.4 is 5.32 Å². The lowest BCUT2D eigenvalue weighted by Crippen LogP contribution is -2.42. The summed E-state index contributed by atoms with van der Waals surface area (Å²) in [5.74, 6) is 0. The van der Waals surface area contributed by atoms with Crippen LogP contribution in [-0.2, 0) is 13.0 Å². The van der Waals surface area contributed by atoms with E-state index in [1.165, 1.54) is 11.1 Å². The Kier molecular flexibility index (Phi) is 4.97. The first-order valence-corrected chi connectivity index (χ1v) is 7.26. The summed E-state index contributed by atoms with van der Waals surface area (Å²) in [6.45, 7) is 9.26. The number of nitrogens with zero attached hydrogens (tertiary/aromatic N) is 1. The quantitative estimate of drug-likeness (QED) is 0.849. The number of hydrogen-bond acceptors (Lipinski definition) is 3. The first-order valence-electron chi connectivity index (χ1n) is 7.26. The van der Waals surface area contributed by atoms with Crippen LogP contribution >= 0.6 is 0 Å². The molecule has 1 heterocycles. The van der Waals surface area contributed by atoms with Crippen LogP contribution in [0.3, 0.4) is 0 Å². The van der Waals surface area contributed by atoms with Gasteiger partial charge in [-0.2, -0.15) is 0 Å². The predicted octanol–water partition coefficient (Wildman–Crippen LogP) is 1.80. The van der Waals surface area contributed by atoms with Crippen molar-refractivity contribution in [1.29, 1.82) is 0 Å². The van der Waals surface area contributed by atoms with E-state index in [1.807, 2.05) is 13.8 Å². The summed E-state index contributed by atoms with van der Waals surface area (Å²) in [5, 5.41) is 13.1. The lowest BCUT2D eigenvalue weighted by atomic mass is 9.98. The molecule has 0 atom stereocenters. The fourth-order valence-electron chi connectivity index (χ4n) is 2.39. The Morgan fingerprint density at radius 2 is 1.68 bits per heavy atom. The van der Waals surface area contributed by atoms with Gasteiger partial charge in [-0.25, -0.2) is 0 Å². The predicted molar refractivity (Wildman–Crippen MR) is 79.2 cm³/mol. The molecule has 3 nitrogen and oxygen atoms in total. The molecule has 1 saturated heterocycles. The second-order valence-corrected chi connectivity index (χ2v) is 6.16. The Morgan fingerprint density at radius 1 is 1.11 bits per heavy atom. The highest BCUT2D eigenvalue weighted by Gasteiger charge is 2.12. The Bertz CT molecular complexity index is 375. The summed E-state index contributed by atoms with van der Waals surface area (Å²) in [4.78, 5) is 2.49. The molecular formula is C16H26N2O. The summed E-state index contributed by atoms with van der Waals surface area (Å²) >= 11 is 0. The molecule has 0 radical (unpaired) electrons. The molecule has 2 N–H and O–H groups in total. The SMILES string of the molecule is CC(C)(O)CCc1ccc(CN2CCNCC2)cc1. The molecule has 0 bridgehead atoms. The Hall–Kier alpha value is -0.900. The van der Waals surface area contributed by atoms with Crippen molar-refractivity contribution in [3.8, 4) is 0 Å². The van der Waals surface area contributed by atoms with E-state index < -0.39 is 5.60 Å². The maximum atomic E-state index is 9.74. The van der Waals surface area contributed by atoms with Crippen molar-refractivity contribution in [3.63, 3.8) is 0 Å². The van der Waals surface area contributed by atoms with E-state index in [2.05, 4.69) is 34.5 Å². The van der Waals surface area contributed by atoms with Crippen LogP contribution in [0.2, 0.25) is 0 Å². The third kappa shape index (κ3) is 5.31. The minimum absolute atomic E-state index is 0.570. The van der Waals surface area contributed by atoms with Gasteiger partial charge >= 0.3 is 0 Å². The van der Waals surface area contributed by atoms with Crippen LogP contribution in [0, 0.1) is 0 Å². The molecule has 0 aromatic heterocycles. The van der Waals surface area contributed by atoms with E-state index >= 15 is 0 Å². The maximum absolute atomic E-state index is 9.74. The number of rotatable bonds is 5. The smallest absolute Gasteiger partial charge is 0.0594 e. The summed E-state index contributed by atoms with van der Waals surface area (Å²) < 4.78 is 0. The zero-order chi connectivity index (χ0) is 13.7. The van der Waals surface area contributed by atoms with Gasteiger partial charge in [-0.15, -0.1) is 0 Å². The number of aliphatic hydroxyl groups is 1. The van der Waals surface area contributed by atoms with Crippen LogP contribution in [0.1, 0.15) is 31.4 Å². The van der Waals surface area contributed by atoms with E-state index in [4.69, 9.17) is 0 Å². The second kappa shape index (κ2) is 6.51. The van der Waals surface area contributed by atoms with Crippen molar-refractivity contribution in [2.75, 3.05) is 26.2 Å². The van der Waals surface area contributed by atoms with Gasteiger partial charge < -0.3 is 10.4 Å². The molecule has 1 aromatic carbocycles. The summed E-state index contributed by atoms with van der Waals surface area (Å²) in [6, 6.07) is 8.84. The summed E-state index contributed by atoms with van der Waals surface area (Å²) in [7, 11) is 0. The van der Waals surface area contributed by atoms with Crippen molar-refractivity contribution in [1.82, 2.24) is 10.2 Å². The van der Waals surface area contributed by atoms with Crippen LogP contribution in [0.5, 0.6) is 0 Å². The average Bonchev–Trinajstić information content (AvgIpc) is 2.38. The minimum Gasteiger partial charge on any atom is -0.390 e. The van der Waals surface area contributed by atoms with Gasteiger partial charge in [0.25, 0.3) is 0 Å². The number of nitrogens with one attached hydrogen (secondary N) is 1. The van der Waals surface area contributed by atoms with Gasteiger partial charge in [-0.3, -0.25) is 4.90 Å². The Balaban J connectivity index is 1.83. The summed E-state index contributed by atoms with van der Waals surface area (Å²) in [5.41, 5.74) is 2.12. The molecule has 0 amide bonds. The second-order valence-electron chi connectivity index (χ2n) is 6.16. The van der Waals surface area contributed by atoms with Gasteiger partial charge in [0.15, 0.2) is 0 Å². The lowest BCUT2D eigenvalue weighted by molar-refractivity contribution is 0.0714. The van der Waals surface area contributed by atoms with E-state index in [1.54, 1.807) is 0 Å². The number of aryl methyl sites for hydroxylation is 1. The molecule has 19 heavy (non-hydrogen) atoms. The van der Waals surface area contributed by atoms with Gasteiger partial charge in [0.2, 0.25) is 0 Å². The number of hydrogen-bond donors (Lipinski definition) is 2. The van der Waals surface area contributed by atoms with Crippen molar-refractivity contribution in [3.05, 3.63) is 35.4 Å². The highest BCUT2D eigenvalue weighted by atomic mass is 16.3. The van der Waals surface area contributed by atoms with E-state index in [-0.39, 0.29) is 0 Å². The standard InChI is InChI=1S/C16H26N2O/c1-16(2,19)8-7-14-3-5-15(6-4-14)13-18-11-9-17-10-12-18/h3-6,17,19H,7-13H2,1-2H3. The van der Waals surface area contributed by atoms with Crippen molar-refractivity contribution in [2.45, 2.75) is 38.8 Å². The number of benzene rings is 1. The molecule has 3 heteroatoms. The van der Waals surface area contributed by atoms with Crippen LogP contribution in [0.15, 0.2) is 24.3 Å². The topological polar surface area (TPSA) is 35.5 Å². The van der Waals surface area contributed by atoms with E-state index in [0.717, 1.165) is 45.6 Å². The molecule has 1 aromatic rings. The van der Waals surface area contributed by atoms with Gasteiger partial charge in [0.1, 0.15) is 0 Å². The molecular weight excluding hydrogens is 236 g/mol. The fourth-order valence-corrected chi connectivity index (χ4v) is 2.39. The molecule has 0 unspecified atom stereocenters. The molecule has 0 spiro atoms. The van der Waals surface area contributed by atoms with Crippen LogP contribution in [-0.4, -0.2) is 41.8 Å². The zero-order valence-electron chi connectivity index (χ0n) is 12.2. The normalized spacial score (nSPS) is 17.6. The van der Waals surface area contributed by atoms with Gasteiger partial charge in [-0.05, 0) is 37.8 Å². The van der Waals surface area contributed by atoms with E-state index in [0.29, 0.717) is 0 Å². The van der Waals surface area contributed by atoms with Gasteiger partial charge in [0, 0.05) is 32.7 Å². The maximum Gasteiger partial charge on any atom is 0.0594 e. The van der Waals surface area contributed by atoms with Crippen molar-refractivity contribution < 1.29 is 5.11 Å².